The topological polar surface area (TPSA) is 74.7 Å². The molecule has 1 saturated carbocycles. The third-order valence-electron chi connectivity index (χ3n) is 5.61. The molecule has 27 heavy (non-hydrogen) atoms. The van der Waals surface area contributed by atoms with Gasteiger partial charge in [0.15, 0.2) is 0 Å². The zero-order valence-electron chi connectivity index (χ0n) is 15.5. The number of carboxylic acid groups (broad SMARTS) is 1. The highest BCUT2D eigenvalue weighted by molar-refractivity contribution is 7.85. The van der Waals surface area contributed by atoms with Crippen LogP contribution < -0.4 is 0 Å². The first-order chi connectivity index (χ1) is 12.9. The number of carbonyl (C=O) groups excluding carboxylic acids is 1. The van der Waals surface area contributed by atoms with E-state index in [1.807, 2.05) is 36.1 Å². The molecular weight excluding hydrogens is 386 g/mol. The monoisotopic (exact) mass is 411 g/mol. The number of carbonyl (C=O) groups is 2. The van der Waals surface area contributed by atoms with Gasteiger partial charge in [-0.1, -0.05) is 30.7 Å². The van der Waals surface area contributed by atoms with Gasteiger partial charge < -0.3 is 10.0 Å². The Hall–Kier alpha value is -1.40. The van der Waals surface area contributed by atoms with E-state index in [-0.39, 0.29) is 24.4 Å². The van der Waals surface area contributed by atoms with Gasteiger partial charge in [-0.3, -0.25) is 13.8 Å². The molecule has 4 atom stereocenters. The lowest BCUT2D eigenvalue weighted by Gasteiger charge is -2.44. The summed E-state index contributed by atoms with van der Waals surface area (Å²) in [6, 6.07) is 7.31. The van der Waals surface area contributed by atoms with Crippen molar-refractivity contribution < 1.29 is 18.9 Å². The number of hydrogen-bond acceptors (Lipinski definition) is 3. The van der Waals surface area contributed by atoms with Gasteiger partial charge in [-0.15, -0.1) is 0 Å². The van der Waals surface area contributed by atoms with E-state index in [1.54, 1.807) is 0 Å². The summed E-state index contributed by atoms with van der Waals surface area (Å²) in [5.74, 6) is -0.149. The predicted molar refractivity (Wildman–Crippen MR) is 106 cm³/mol. The quantitative estimate of drug-likeness (QED) is 0.708. The number of rotatable bonds is 8. The van der Waals surface area contributed by atoms with E-state index in [0.29, 0.717) is 35.3 Å². The molecular formula is C20H26ClNO4S. The molecule has 3 rings (SSSR count). The Kier molecular flexibility index (Phi) is 6.58. The van der Waals surface area contributed by atoms with Crippen molar-refractivity contribution in [3.8, 4) is 0 Å². The molecule has 1 aromatic carbocycles. The second-order valence-corrected chi connectivity index (χ2v) is 9.71. The molecule has 148 valence electrons. The van der Waals surface area contributed by atoms with Gasteiger partial charge in [-0.05, 0) is 49.3 Å². The van der Waals surface area contributed by atoms with Gasteiger partial charge in [0.1, 0.15) is 0 Å². The molecule has 1 aliphatic heterocycles. The standard InChI is InChI=1S/C20H26ClNO4S/c1-2-27(26)12-18(14-3-4-14)22-17(13-5-8-16(21)9-6-13)10-7-15(20(22)25)11-19(23)24/h5-6,8-9,14-15,17-18H,2-4,7,10-12H2,1H3,(H,23,24). The first kappa shape index (κ1) is 20.3. The van der Waals surface area contributed by atoms with Crippen molar-refractivity contribution in [3.63, 3.8) is 0 Å². The second kappa shape index (κ2) is 8.74. The predicted octanol–water partition coefficient (Wildman–Crippen LogP) is 3.64. The summed E-state index contributed by atoms with van der Waals surface area (Å²) in [6.07, 6.45) is 3.20. The van der Waals surface area contributed by atoms with E-state index < -0.39 is 22.7 Å². The van der Waals surface area contributed by atoms with Crippen molar-refractivity contribution >= 4 is 34.3 Å². The fourth-order valence-corrected chi connectivity index (χ4v) is 5.20. The van der Waals surface area contributed by atoms with E-state index in [2.05, 4.69) is 0 Å². The SMILES string of the molecule is CCS(=O)CC(C1CC1)N1C(=O)C(CC(=O)O)CCC1c1ccc(Cl)cc1. The number of likely N-dealkylation sites (tertiary alicyclic amines) is 1. The molecule has 0 radical (unpaired) electrons. The summed E-state index contributed by atoms with van der Waals surface area (Å²) in [5.41, 5.74) is 1.01. The van der Waals surface area contributed by atoms with E-state index in [9.17, 15) is 18.9 Å². The summed E-state index contributed by atoms with van der Waals surface area (Å²) in [7, 11) is -0.983. The highest BCUT2D eigenvalue weighted by atomic mass is 35.5. The van der Waals surface area contributed by atoms with E-state index >= 15 is 0 Å². The van der Waals surface area contributed by atoms with Crippen LogP contribution in [0.15, 0.2) is 24.3 Å². The average Bonchev–Trinajstić information content (AvgIpc) is 3.47. The molecule has 2 aliphatic rings. The molecule has 0 aromatic heterocycles. The van der Waals surface area contributed by atoms with Gasteiger partial charge in [0.05, 0.1) is 12.5 Å². The summed E-state index contributed by atoms with van der Waals surface area (Å²) in [4.78, 5) is 26.4. The Morgan fingerprint density at radius 2 is 1.93 bits per heavy atom. The first-order valence-corrected chi connectivity index (χ1v) is 11.4. The van der Waals surface area contributed by atoms with Crippen LogP contribution in [0.4, 0.5) is 0 Å². The Morgan fingerprint density at radius 3 is 2.48 bits per heavy atom. The van der Waals surface area contributed by atoms with Crippen LogP contribution in [0.1, 0.15) is 50.6 Å². The zero-order chi connectivity index (χ0) is 19.6. The fourth-order valence-electron chi connectivity index (χ4n) is 4.03. The van der Waals surface area contributed by atoms with Crippen LogP contribution in [0.5, 0.6) is 0 Å². The number of piperidine rings is 1. The van der Waals surface area contributed by atoms with Crippen molar-refractivity contribution in [2.75, 3.05) is 11.5 Å². The minimum Gasteiger partial charge on any atom is -0.481 e. The second-order valence-electron chi connectivity index (χ2n) is 7.48. The Labute approximate surface area is 167 Å². The number of halogens is 1. The molecule has 1 amide bonds. The summed E-state index contributed by atoms with van der Waals surface area (Å²) < 4.78 is 12.3. The molecule has 4 unspecified atom stereocenters. The largest absolute Gasteiger partial charge is 0.481 e. The summed E-state index contributed by atoms with van der Waals surface area (Å²) in [5, 5.41) is 9.83. The minimum absolute atomic E-state index is 0.0874. The third kappa shape index (κ3) is 4.91. The van der Waals surface area contributed by atoms with Crippen LogP contribution in [0.2, 0.25) is 5.02 Å². The van der Waals surface area contributed by atoms with E-state index in [0.717, 1.165) is 18.4 Å². The fraction of sp³-hybridized carbons (Fsp3) is 0.600. The lowest BCUT2D eigenvalue weighted by atomic mass is 9.85. The lowest BCUT2D eigenvalue weighted by molar-refractivity contribution is -0.151. The van der Waals surface area contributed by atoms with Crippen LogP contribution >= 0.6 is 11.6 Å². The number of carboxylic acids is 1. The molecule has 1 N–H and O–H groups in total. The molecule has 0 bridgehead atoms. The van der Waals surface area contributed by atoms with Crippen LogP contribution in [0, 0.1) is 11.8 Å². The lowest BCUT2D eigenvalue weighted by Crippen LogP contribution is -2.52. The third-order valence-corrected chi connectivity index (χ3v) is 7.22. The van der Waals surface area contributed by atoms with Crippen LogP contribution in [-0.4, -0.2) is 43.6 Å². The maximum absolute atomic E-state index is 13.3. The molecule has 0 spiro atoms. The zero-order valence-corrected chi connectivity index (χ0v) is 17.0. The van der Waals surface area contributed by atoms with Gasteiger partial charge in [0.25, 0.3) is 0 Å². The number of amides is 1. The Morgan fingerprint density at radius 1 is 1.26 bits per heavy atom. The van der Waals surface area contributed by atoms with Gasteiger partial charge >= 0.3 is 5.97 Å². The Balaban J connectivity index is 1.93. The van der Waals surface area contributed by atoms with E-state index in [4.69, 9.17) is 11.6 Å². The molecule has 7 heteroatoms. The highest BCUT2D eigenvalue weighted by Crippen LogP contribution is 2.44. The maximum Gasteiger partial charge on any atom is 0.304 e. The number of nitrogens with zero attached hydrogens (tertiary/aromatic N) is 1. The smallest absolute Gasteiger partial charge is 0.304 e. The summed E-state index contributed by atoms with van der Waals surface area (Å²) in [6.45, 7) is 1.89. The highest BCUT2D eigenvalue weighted by Gasteiger charge is 2.45. The average molecular weight is 412 g/mol. The van der Waals surface area contributed by atoms with Crippen LogP contribution in [0.25, 0.3) is 0 Å². The Bertz CT molecular complexity index is 719. The van der Waals surface area contributed by atoms with Gasteiger partial charge in [0, 0.05) is 39.3 Å². The van der Waals surface area contributed by atoms with Crippen molar-refractivity contribution in [2.24, 2.45) is 11.8 Å². The normalized spacial score (nSPS) is 25.3. The number of benzene rings is 1. The summed E-state index contributed by atoms with van der Waals surface area (Å²) >= 11 is 6.02. The molecule has 1 saturated heterocycles. The van der Waals surface area contributed by atoms with Crippen LogP contribution in [-0.2, 0) is 20.4 Å². The molecule has 2 fully saturated rings. The number of hydrogen-bond donors (Lipinski definition) is 1. The van der Waals surface area contributed by atoms with Crippen molar-refractivity contribution in [2.45, 2.75) is 51.1 Å². The molecule has 1 aromatic rings. The molecule has 5 nitrogen and oxygen atoms in total. The number of aliphatic carboxylic acids is 1. The minimum atomic E-state index is -0.983. The maximum atomic E-state index is 13.3. The van der Waals surface area contributed by atoms with Crippen molar-refractivity contribution in [3.05, 3.63) is 34.9 Å². The van der Waals surface area contributed by atoms with Crippen LogP contribution in [0.3, 0.4) is 0 Å². The first-order valence-electron chi connectivity index (χ1n) is 9.55. The van der Waals surface area contributed by atoms with Crippen molar-refractivity contribution in [1.82, 2.24) is 4.90 Å². The van der Waals surface area contributed by atoms with Gasteiger partial charge in [-0.2, -0.15) is 0 Å². The van der Waals surface area contributed by atoms with Crippen molar-refractivity contribution in [1.29, 1.82) is 0 Å². The molecule has 1 aliphatic carbocycles. The molecule has 1 heterocycles. The van der Waals surface area contributed by atoms with Gasteiger partial charge in [-0.25, -0.2) is 0 Å². The van der Waals surface area contributed by atoms with E-state index in [1.165, 1.54) is 0 Å². The van der Waals surface area contributed by atoms with Gasteiger partial charge in [0.2, 0.25) is 5.91 Å².